The summed E-state index contributed by atoms with van der Waals surface area (Å²) in [6.07, 6.45) is 5.65. The summed E-state index contributed by atoms with van der Waals surface area (Å²) < 4.78 is 0. The zero-order valence-corrected chi connectivity index (χ0v) is 9.77. The third-order valence-corrected chi connectivity index (χ3v) is 2.32. The van der Waals surface area contributed by atoms with E-state index in [4.69, 9.17) is 11.6 Å². The zero-order chi connectivity index (χ0) is 11.1. The van der Waals surface area contributed by atoms with Gasteiger partial charge < -0.3 is 0 Å². The van der Waals surface area contributed by atoms with E-state index >= 15 is 0 Å². The molecular weight excluding hydrogens is 196 g/mol. The Labute approximate surface area is 91.1 Å². The molecule has 0 saturated heterocycles. The Morgan fingerprint density at radius 1 is 1.50 bits per heavy atom. The number of halogens is 1. The molecule has 14 heavy (non-hydrogen) atoms. The van der Waals surface area contributed by atoms with E-state index in [1.807, 2.05) is 26.8 Å². The van der Waals surface area contributed by atoms with E-state index in [0.717, 1.165) is 5.57 Å². The highest BCUT2D eigenvalue weighted by Crippen LogP contribution is 2.15. The van der Waals surface area contributed by atoms with Gasteiger partial charge in [0, 0.05) is 17.4 Å². The molecular formula is C12H17ClO. The van der Waals surface area contributed by atoms with Crippen LogP contribution in [0.15, 0.2) is 35.4 Å². The van der Waals surface area contributed by atoms with E-state index in [0.29, 0.717) is 11.5 Å². The maximum atomic E-state index is 11.3. The Bertz CT molecular complexity index is 272. The first kappa shape index (κ1) is 13.2. The monoisotopic (exact) mass is 212 g/mol. The number of ketones is 1. The van der Waals surface area contributed by atoms with E-state index in [-0.39, 0.29) is 11.7 Å². The highest BCUT2D eigenvalue weighted by atomic mass is 35.5. The molecule has 0 spiro atoms. The molecule has 0 aromatic carbocycles. The zero-order valence-electron chi connectivity index (χ0n) is 9.01. The molecule has 0 N–H and O–H groups in total. The molecule has 0 aromatic rings. The minimum absolute atomic E-state index is 0.0845. The fourth-order valence-electron chi connectivity index (χ4n) is 0.822. The van der Waals surface area contributed by atoms with Crippen LogP contribution in [0, 0.1) is 5.92 Å². The van der Waals surface area contributed by atoms with Crippen molar-refractivity contribution >= 4 is 17.4 Å². The fourth-order valence-corrected chi connectivity index (χ4v) is 0.988. The van der Waals surface area contributed by atoms with Crippen LogP contribution in [0.5, 0.6) is 0 Å². The van der Waals surface area contributed by atoms with Crippen molar-refractivity contribution in [1.82, 2.24) is 0 Å². The normalized spacial score (nSPS) is 13.2. The SMILES string of the molecule is C=C/C=C(Cl)\C(C)=C/CC(=O)C(C)C. The van der Waals surface area contributed by atoms with Gasteiger partial charge in [0.05, 0.1) is 0 Å². The van der Waals surface area contributed by atoms with Crippen LogP contribution in [0.3, 0.4) is 0 Å². The summed E-state index contributed by atoms with van der Waals surface area (Å²) in [5.74, 6) is 0.314. The van der Waals surface area contributed by atoms with Gasteiger partial charge in [0.2, 0.25) is 0 Å². The second-order valence-electron chi connectivity index (χ2n) is 3.46. The maximum absolute atomic E-state index is 11.3. The van der Waals surface area contributed by atoms with Gasteiger partial charge in [-0.15, -0.1) is 0 Å². The minimum Gasteiger partial charge on any atom is -0.299 e. The molecule has 0 heterocycles. The van der Waals surface area contributed by atoms with Crippen LogP contribution in [0.25, 0.3) is 0 Å². The second-order valence-corrected chi connectivity index (χ2v) is 3.87. The van der Waals surface area contributed by atoms with Crippen molar-refractivity contribution in [2.75, 3.05) is 0 Å². The molecule has 1 nitrogen and oxygen atoms in total. The summed E-state index contributed by atoms with van der Waals surface area (Å²) in [6, 6.07) is 0. The molecule has 0 radical (unpaired) electrons. The Kier molecular flexibility index (Phi) is 6.22. The maximum Gasteiger partial charge on any atom is 0.139 e. The summed E-state index contributed by atoms with van der Waals surface area (Å²) in [5, 5.41) is 0.636. The number of carbonyl (C=O) groups is 1. The molecule has 0 aliphatic carbocycles. The van der Waals surface area contributed by atoms with Gasteiger partial charge in [0.25, 0.3) is 0 Å². The number of rotatable bonds is 5. The lowest BCUT2D eigenvalue weighted by molar-refractivity contribution is -0.121. The van der Waals surface area contributed by atoms with Crippen LogP contribution in [0.1, 0.15) is 27.2 Å². The summed E-state index contributed by atoms with van der Waals surface area (Å²) >= 11 is 5.90. The predicted molar refractivity (Wildman–Crippen MR) is 62.4 cm³/mol. The van der Waals surface area contributed by atoms with Gasteiger partial charge in [-0.1, -0.05) is 44.2 Å². The number of hydrogen-bond donors (Lipinski definition) is 0. The Balaban J connectivity index is 4.33. The van der Waals surface area contributed by atoms with E-state index < -0.39 is 0 Å². The van der Waals surface area contributed by atoms with Gasteiger partial charge in [-0.25, -0.2) is 0 Å². The summed E-state index contributed by atoms with van der Waals surface area (Å²) in [7, 11) is 0. The molecule has 78 valence electrons. The Morgan fingerprint density at radius 2 is 2.07 bits per heavy atom. The molecule has 0 atom stereocenters. The van der Waals surface area contributed by atoms with E-state index in [2.05, 4.69) is 6.58 Å². The number of allylic oxidation sites excluding steroid dienone is 5. The van der Waals surface area contributed by atoms with Gasteiger partial charge in [-0.2, -0.15) is 0 Å². The van der Waals surface area contributed by atoms with Crippen LogP contribution in [0.2, 0.25) is 0 Å². The van der Waals surface area contributed by atoms with E-state index in [1.54, 1.807) is 12.2 Å². The van der Waals surface area contributed by atoms with Crippen LogP contribution in [0.4, 0.5) is 0 Å². The highest BCUT2D eigenvalue weighted by Gasteiger charge is 2.05. The standard InChI is InChI=1S/C12H17ClO/c1-5-6-11(13)10(4)7-8-12(14)9(2)3/h5-7,9H,1,8H2,2-4H3/b10-7-,11-6+. The Hall–Kier alpha value is -0.820. The smallest absolute Gasteiger partial charge is 0.139 e. The lowest BCUT2D eigenvalue weighted by Crippen LogP contribution is -2.04. The molecule has 0 bridgehead atoms. The molecule has 0 saturated carbocycles. The average Bonchev–Trinajstić information content (AvgIpc) is 2.13. The van der Waals surface area contributed by atoms with Crippen molar-refractivity contribution in [2.45, 2.75) is 27.2 Å². The van der Waals surface area contributed by atoms with Crippen molar-refractivity contribution in [1.29, 1.82) is 0 Å². The second kappa shape index (κ2) is 6.61. The van der Waals surface area contributed by atoms with Crippen LogP contribution in [-0.4, -0.2) is 5.78 Å². The molecule has 2 heteroatoms. The minimum atomic E-state index is 0.0845. The van der Waals surface area contributed by atoms with Crippen LogP contribution in [-0.2, 0) is 4.79 Å². The molecule has 0 aromatic heterocycles. The first-order valence-electron chi connectivity index (χ1n) is 4.67. The van der Waals surface area contributed by atoms with E-state index in [9.17, 15) is 4.79 Å². The number of carbonyl (C=O) groups excluding carboxylic acids is 1. The third-order valence-electron chi connectivity index (χ3n) is 1.89. The van der Waals surface area contributed by atoms with E-state index in [1.165, 1.54) is 0 Å². The number of Topliss-reactive ketones (excluding diaryl/α,β-unsaturated/α-hetero) is 1. The topological polar surface area (TPSA) is 17.1 Å². The third kappa shape index (κ3) is 5.03. The average molecular weight is 213 g/mol. The fraction of sp³-hybridized carbons (Fsp3) is 0.417. The van der Waals surface area contributed by atoms with Gasteiger partial charge in [0.1, 0.15) is 5.78 Å². The first-order valence-corrected chi connectivity index (χ1v) is 5.05. The van der Waals surface area contributed by atoms with Gasteiger partial charge in [-0.05, 0) is 18.6 Å². The Morgan fingerprint density at radius 3 is 2.50 bits per heavy atom. The molecule has 0 fully saturated rings. The summed E-state index contributed by atoms with van der Waals surface area (Å²) in [4.78, 5) is 11.3. The molecule has 0 aliphatic rings. The lowest BCUT2D eigenvalue weighted by atomic mass is 10.0. The van der Waals surface area contributed by atoms with Crippen molar-refractivity contribution in [2.24, 2.45) is 5.92 Å². The largest absolute Gasteiger partial charge is 0.299 e. The quantitative estimate of drug-likeness (QED) is 0.633. The lowest BCUT2D eigenvalue weighted by Gasteiger charge is -2.01. The van der Waals surface area contributed by atoms with Crippen molar-refractivity contribution in [3.8, 4) is 0 Å². The van der Waals surface area contributed by atoms with Crippen molar-refractivity contribution in [3.05, 3.63) is 35.4 Å². The van der Waals surface area contributed by atoms with Crippen LogP contribution >= 0.6 is 11.6 Å². The summed E-state index contributed by atoms with van der Waals surface area (Å²) in [6.45, 7) is 9.23. The van der Waals surface area contributed by atoms with Gasteiger partial charge in [0.15, 0.2) is 0 Å². The van der Waals surface area contributed by atoms with Crippen molar-refractivity contribution in [3.63, 3.8) is 0 Å². The predicted octanol–water partition coefficient (Wildman–Crippen LogP) is 3.86. The number of hydrogen-bond acceptors (Lipinski definition) is 1. The molecule has 0 amide bonds. The van der Waals surface area contributed by atoms with Crippen LogP contribution < -0.4 is 0 Å². The summed E-state index contributed by atoms with van der Waals surface area (Å²) in [5.41, 5.74) is 0.917. The van der Waals surface area contributed by atoms with Gasteiger partial charge in [-0.3, -0.25) is 4.79 Å². The molecule has 0 unspecified atom stereocenters. The highest BCUT2D eigenvalue weighted by molar-refractivity contribution is 6.32. The first-order chi connectivity index (χ1) is 6.49. The van der Waals surface area contributed by atoms with Crippen molar-refractivity contribution < 1.29 is 4.79 Å². The molecule has 0 rings (SSSR count). The van der Waals surface area contributed by atoms with Gasteiger partial charge >= 0.3 is 0 Å². The molecule has 0 aliphatic heterocycles.